The average molecular weight is 1010 g/mol. The van der Waals surface area contributed by atoms with Gasteiger partial charge in [-0.05, 0) is 147 Å². The number of carbonyl (C=O) groups excluding carboxylic acids is 3. The normalized spacial score (nSPS) is 13.3. The quantitative estimate of drug-likeness (QED) is 0.0144. The predicted octanol–water partition coefficient (Wildman–Crippen LogP) is 9.62. The number of carbonyl (C=O) groups is 5. The number of carboxylic acid groups (broad SMARTS) is 2. The Bertz CT molecular complexity index is 2210. The standard InChI is InChI=1S/C53H74N4O11S2/c1-36(2)12-8-13-37(3)14-9-17-39(5)27-29-70-35-46(53(65)66)56-50(61)32-54-51(62)43-21-23-44(24-22-43)57(67)68-33-41(7)19-11-16-38(4)15-10-18-40(6)26-28-69-34-45(52(63)64)55-49(60)31-42-20-25-47(58)48(59)30-42/h12,14-15,19-27,30,45-46,58-59,67H,8-11,13,16-18,28-29,31-35H2,1-7H3,(H,54,62)(H,55,60)(H,56,61)(H,63,64)(H,65,66)/b37-14+,38-15+,39-27+,40-26+,41-19+/t45-,46-/m0/s1. The lowest BCUT2D eigenvalue weighted by atomic mass is 10.1. The van der Waals surface area contributed by atoms with E-state index in [1.165, 1.54) is 93.9 Å². The topological polar surface area (TPSA) is 235 Å². The third-order valence-corrected chi connectivity index (χ3v) is 12.6. The summed E-state index contributed by atoms with van der Waals surface area (Å²) in [6.45, 7) is 14.1. The van der Waals surface area contributed by atoms with E-state index in [0.717, 1.165) is 56.9 Å². The van der Waals surface area contributed by atoms with Crippen molar-refractivity contribution in [2.24, 2.45) is 0 Å². The Balaban J connectivity index is 1.67. The van der Waals surface area contributed by atoms with Crippen LogP contribution in [0.4, 0.5) is 5.69 Å². The minimum Gasteiger partial charge on any atom is -0.504 e. The second kappa shape index (κ2) is 33.7. The fourth-order valence-corrected chi connectivity index (χ4v) is 8.41. The highest BCUT2D eigenvalue weighted by Crippen LogP contribution is 2.25. The summed E-state index contributed by atoms with van der Waals surface area (Å²) in [6.07, 6.45) is 20.0. The van der Waals surface area contributed by atoms with Crippen molar-refractivity contribution in [3.8, 4) is 11.5 Å². The molecule has 0 aliphatic heterocycles. The van der Waals surface area contributed by atoms with Gasteiger partial charge in [-0.15, -0.1) is 5.23 Å². The molecule has 0 saturated carbocycles. The molecule has 70 heavy (non-hydrogen) atoms. The van der Waals surface area contributed by atoms with Gasteiger partial charge in [0.1, 0.15) is 12.1 Å². The molecule has 0 spiro atoms. The molecule has 17 heteroatoms. The molecule has 2 aromatic carbocycles. The zero-order valence-electron chi connectivity index (χ0n) is 41.7. The Labute approximate surface area is 422 Å². The molecule has 0 aliphatic rings. The summed E-state index contributed by atoms with van der Waals surface area (Å²) in [6, 6.07) is 7.76. The van der Waals surface area contributed by atoms with Crippen LogP contribution in [0.25, 0.3) is 0 Å². The highest BCUT2D eigenvalue weighted by Gasteiger charge is 2.21. The number of anilines is 1. The smallest absolute Gasteiger partial charge is 0.327 e. The maximum Gasteiger partial charge on any atom is 0.327 e. The van der Waals surface area contributed by atoms with Gasteiger partial charge in [-0.2, -0.15) is 23.5 Å². The number of amides is 3. The van der Waals surface area contributed by atoms with E-state index >= 15 is 0 Å². The minimum atomic E-state index is -1.16. The van der Waals surface area contributed by atoms with E-state index < -0.39 is 48.3 Å². The molecule has 2 aromatic rings. The molecule has 8 N–H and O–H groups in total. The van der Waals surface area contributed by atoms with Gasteiger partial charge in [0.15, 0.2) is 11.5 Å². The van der Waals surface area contributed by atoms with E-state index in [2.05, 4.69) is 80.9 Å². The molecule has 2 atom stereocenters. The van der Waals surface area contributed by atoms with Crippen molar-refractivity contribution in [2.75, 3.05) is 41.4 Å². The molecule has 384 valence electrons. The summed E-state index contributed by atoms with van der Waals surface area (Å²) in [5.74, 6) is -3.04. The zero-order valence-corrected chi connectivity index (χ0v) is 43.3. The number of hydrogen-bond donors (Lipinski definition) is 8. The van der Waals surface area contributed by atoms with Crippen LogP contribution in [0.15, 0.2) is 112 Å². The average Bonchev–Trinajstić information content (AvgIpc) is 3.30. The van der Waals surface area contributed by atoms with Crippen LogP contribution in [0.2, 0.25) is 0 Å². The van der Waals surface area contributed by atoms with Crippen molar-refractivity contribution >= 4 is 58.9 Å². The Morgan fingerprint density at radius 1 is 0.614 bits per heavy atom. The largest absolute Gasteiger partial charge is 0.504 e. The number of phenolic OH excluding ortho intramolecular Hbond substituents is 2. The first-order valence-electron chi connectivity index (χ1n) is 23.4. The number of rotatable bonds is 33. The third-order valence-electron chi connectivity index (χ3n) is 10.7. The molecule has 0 aliphatic carbocycles. The van der Waals surface area contributed by atoms with Crippen molar-refractivity contribution in [3.63, 3.8) is 0 Å². The van der Waals surface area contributed by atoms with Gasteiger partial charge in [-0.1, -0.05) is 70.4 Å². The Morgan fingerprint density at radius 3 is 1.57 bits per heavy atom. The van der Waals surface area contributed by atoms with E-state index in [1.54, 1.807) is 0 Å². The summed E-state index contributed by atoms with van der Waals surface area (Å²) in [4.78, 5) is 66.7. The summed E-state index contributed by atoms with van der Waals surface area (Å²) in [5, 5.41) is 56.9. The van der Waals surface area contributed by atoms with E-state index in [-0.39, 0.29) is 47.3 Å². The number of benzene rings is 2. The number of hydrogen-bond acceptors (Lipinski definition) is 12. The molecule has 0 aromatic heterocycles. The SMILES string of the molecule is CC(C)=CCC/C(C)=C/CC/C(C)=C/CSC[C@H](NC(=O)CNC(=O)c1ccc(N(O)OC/C(C)=C/CC/C(C)=C/CC/C(C)=C/CSC[C@H](NC(=O)Cc2ccc(O)c(O)c2)C(=O)O)cc1)C(=O)O. The first kappa shape index (κ1) is 60.4. The number of allylic oxidation sites excluding steroid dienone is 9. The third kappa shape index (κ3) is 26.9. The van der Waals surface area contributed by atoms with Crippen LogP contribution in [-0.4, -0.2) is 104 Å². The highest BCUT2D eigenvalue weighted by atomic mass is 32.2. The lowest BCUT2D eigenvalue weighted by Gasteiger charge is -2.17. The fraction of sp³-hybridized carbons (Fsp3) is 0.453. The van der Waals surface area contributed by atoms with E-state index in [4.69, 9.17) is 4.84 Å². The minimum absolute atomic E-state index is 0.130. The summed E-state index contributed by atoms with van der Waals surface area (Å²) >= 11 is 2.81. The van der Waals surface area contributed by atoms with Crippen LogP contribution < -0.4 is 21.2 Å². The molecule has 2 rings (SSSR count). The van der Waals surface area contributed by atoms with Crippen LogP contribution in [0.3, 0.4) is 0 Å². The molecule has 0 bridgehead atoms. The molecule has 0 saturated heterocycles. The van der Waals surface area contributed by atoms with Gasteiger partial charge < -0.3 is 36.4 Å². The number of nitrogens with zero attached hydrogens (tertiary/aromatic N) is 1. The monoisotopic (exact) mass is 1010 g/mol. The number of thioether (sulfide) groups is 2. The van der Waals surface area contributed by atoms with Crippen LogP contribution in [0.5, 0.6) is 11.5 Å². The zero-order chi connectivity index (χ0) is 52.0. The summed E-state index contributed by atoms with van der Waals surface area (Å²) in [7, 11) is 0. The van der Waals surface area contributed by atoms with Gasteiger partial charge in [-0.3, -0.25) is 19.6 Å². The highest BCUT2D eigenvalue weighted by molar-refractivity contribution is 7.99. The first-order chi connectivity index (χ1) is 33.2. The van der Waals surface area contributed by atoms with Gasteiger partial charge in [0.25, 0.3) is 5.91 Å². The number of carboxylic acids is 2. The molecule has 15 nitrogen and oxygen atoms in total. The number of aliphatic carboxylic acids is 2. The van der Waals surface area contributed by atoms with Crippen molar-refractivity contribution in [3.05, 3.63) is 123 Å². The van der Waals surface area contributed by atoms with Gasteiger partial charge in [0.05, 0.1) is 25.3 Å². The van der Waals surface area contributed by atoms with Gasteiger partial charge in [0, 0.05) is 28.6 Å². The van der Waals surface area contributed by atoms with Crippen molar-refractivity contribution in [1.82, 2.24) is 16.0 Å². The second-order valence-corrected chi connectivity index (χ2v) is 19.6. The Morgan fingerprint density at radius 2 is 1.09 bits per heavy atom. The van der Waals surface area contributed by atoms with E-state index in [0.29, 0.717) is 22.3 Å². The molecular formula is C53H74N4O11S2. The van der Waals surface area contributed by atoms with Crippen molar-refractivity contribution in [1.29, 1.82) is 0 Å². The van der Waals surface area contributed by atoms with Gasteiger partial charge in [-0.25, -0.2) is 14.4 Å². The van der Waals surface area contributed by atoms with Crippen molar-refractivity contribution in [2.45, 2.75) is 118 Å². The van der Waals surface area contributed by atoms with Gasteiger partial charge in [0.2, 0.25) is 11.8 Å². The number of aromatic hydroxyl groups is 2. The Kier molecular flexibility index (Phi) is 29.1. The summed E-state index contributed by atoms with van der Waals surface area (Å²) in [5.41, 5.74) is 8.19. The number of phenols is 2. The van der Waals surface area contributed by atoms with Gasteiger partial charge >= 0.3 is 11.9 Å². The maximum absolute atomic E-state index is 12.7. The molecule has 0 fully saturated rings. The van der Waals surface area contributed by atoms with E-state index in [1.807, 2.05) is 19.9 Å². The van der Waals surface area contributed by atoms with Crippen molar-refractivity contribution < 1.29 is 54.4 Å². The maximum atomic E-state index is 12.7. The first-order valence-corrected chi connectivity index (χ1v) is 25.7. The molecule has 0 radical (unpaired) electrons. The lowest BCUT2D eigenvalue weighted by Crippen LogP contribution is -2.46. The molecule has 0 unspecified atom stereocenters. The Hall–Kier alpha value is -5.75. The second-order valence-electron chi connectivity index (χ2n) is 17.5. The molecular weight excluding hydrogens is 933 g/mol. The fourth-order valence-electron chi connectivity index (χ4n) is 6.41. The van der Waals surface area contributed by atoms with Crippen LogP contribution >= 0.6 is 23.5 Å². The summed E-state index contributed by atoms with van der Waals surface area (Å²) < 4.78 is 0. The predicted molar refractivity (Wildman–Crippen MR) is 281 cm³/mol. The van der Waals surface area contributed by atoms with Crippen LogP contribution in [-0.2, 0) is 30.4 Å². The number of nitrogens with one attached hydrogen (secondary N) is 3. The van der Waals surface area contributed by atoms with Crippen LogP contribution in [0.1, 0.15) is 116 Å². The lowest BCUT2D eigenvalue weighted by molar-refractivity contribution is -0.141. The van der Waals surface area contributed by atoms with E-state index in [9.17, 15) is 49.6 Å². The molecule has 3 amide bonds. The van der Waals surface area contributed by atoms with Crippen LogP contribution in [0, 0.1) is 0 Å². The molecule has 0 heterocycles.